The third-order valence-corrected chi connectivity index (χ3v) is 11.8. The van der Waals surface area contributed by atoms with Gasteiger partial charge in [0.25, 0.3) is 0 Å². The summed E-state index contributed by atoms with van der Waals surface area (Å²) in [5.41, 5.74) is 5.05. The Morgan fingerprint density at radius 2 is 1.07 bits per heavy atom. The molecule has 1 aliphatic carbocycles. The first-order valence-corrected chi connectivity index (χ1v) is 17.2. The lowest BCUT2D eigenvalue weighted by Crippen LogP contribution is -2.10. The second kappa shape index (κ2) is 9.77. The molecule has 1 aliphatic rings. The van der Waals surface area contributed by atoms with Gasteiger partial charge in [-0.05, 0) is 111 Å². The average molecular weight is 610 g/mol. The molecule has 0 spiro atoms. The standard InChI is InChI=1S/C42H27NS2/c1-2-8-31-26(7-1)14-20-33-32(31)19-15-27-13-16-28(23-37(27)33)43(29-18-22-41-38(24-29)35-10-4-6-12-40(35)44-41)30-17-21-36-34-9-3-5-11-39(34)45-42(36)25-30/h1-3,5-9,11-25H,4,10H2. The van der Waals surface area contributed by atoms with Crippen LogP contribution >= 0.6 is 22.7 Å². The largest absolute Gasteiger partial charge is 0.310 e. The van der Waals surface area contributed by atoms with Gasteiger partial charge in [0, 0.05) is 46.8 Å². The van der Waals surface area contributed by atoms with Crippen LogP contribution in [0.5, 0.6) is 0 Å². The fraction of sp³-hybridized carbons (Fsp3) is 0.0476. The first-order valence-electron chi connectivity index (χ1n) is 15.6. The van der Waals surface area contributed by atoms with Crippen molar-refractivity contribution in [2.45, 2.75) is 12.8 Å². The molecular formula is C42H27NS2. The summed E-state index contributed by atoms with van der Waals surface area (Å²) >= 11 is 3.80. The van der Waals surface area contributed by atoms with Crippen LogP contribution < -0.4 is 4.90 Å². The normalized spacial score (nSPS) is 13.1. The molecule has 45 heavy (non-hydrogen) atoms. The van der Waals surface area contributed by atoms with Gasteiger partial charge in [0.15, 0.2) is 0 Å². The number of hydrogen-bond acceptors (Lipinski definition) is 3. The van der Waals surface area contributed by atoms with Crippen LogP contribution in [0, 0.1) is 0 Å². The third kappa shape index (κ3) is 3.91. The van der Waals surface area contributed by atoms with Gasteiger partial charge < -0.3 is 4.90 Å². The van der Waals surface area contributed by atoms with Crippen molar-refractivity contribution in [1.29, 1.82) is 0 Å². The Bertz CT molecular complexity index is 2670. The number of thiophene rings is 2. The van der Waals surface area contributed by atoms with Crippen molar-refractivity contribution in [2.24, 2.45) is 0 Å². The number of allylic oxidation sites excluding steroid dienone is 1. The molecule has 10 rings (SSSR count). The summed E-state index contributed by atoms with van der Waals surface area (Å²) in [6, 6.07) is 47.6. The van der Waals surface area contributed by atoms with E-state index in [9.17, 15) is 0 Å². The number of rotatable bonds is 3. The number of nitrogens with zero attached hydrogens (tertiary/aromatic N) is 1. The van der Waals surface area contributed by atoms with Crippen molar-refractivity contribution in [1.82, 2.24) is 0 Å². The highest BCUT2D eigenvalue weighted by Crippen LogP contribution is 2.44. The predicted octanol–water partition coefficient (Wildman–Crippen LogP) is 13.2. The highest BCUT2D eigenvalue weighted by molar-refractivity contribution is 7.25. The maximum absolute atomic E-state index is 2.46. The molecule has 2 aromatic heterocycles. The van der Waals surface area contributed by atoms with Gasteiger partial charge >= 0.3 is 0 Å². The Balaban J connectivity index is 1.23. The lowest BCUT2D eigenvalue weighted by atomic mass is 9.96. The fourth-order valence-electron chi connectivity index (χ4n) is 7.35. The lowest BCUT2D eigenvalue weighted by Gasteiger charge is -2.26. The van der Waals surface area contributed by atoms with E-state index < -0.39 is 0 Å². The molecule has 0 aliphatic heterocycles. The van der Waals surface area contributed by atoms with Crippen molar-refractivity contribution in [3.63, 3.8) is 0 Å². The lowest BCUT2D eigenvalue weighted by molar-refractivity contribution is 1.01. The Labute approximate surface area is 268 Å². The summed E-state index contributed by atoms with van der Waals surface area (Å²) in [6.45, 7) is 0. The molecule has 0 saturated carbocycles. The topological polar surface area (TPSA) is 3.24 Å². The molecule has 0 fully saturated rings. The number of fused-ring (bicyclic) bond motifs is 11. The maximum atomic E-state index is 2.46. The van der Waals surface area contributed by atoms with Gasteiger partial charge in [-0.2, -0.15) is 0 Å². The van der Waals surface area contributed by atoms with Crippen LogP contribution in [-0.2, 0) is 6.42 Å². The van der Waals surface area contributed by atoms with Crippen LogP contribution in [0.3, 0.4) is 0 Å². The van der Waals surface area contributed by atoms with Gasteiger partial charge in [0.1, 0.15) is 0 Å². The van der Waals surface area contributed by atoms with Gasteiger partial charge in [-0.15, -0.1) is 22.7 Å². The number of anilines is 3. The molecule has 0 atom stereocenters. The summed E-state index contributed by atoms with van der Waals surface area (Å²) in [4.78, 5) is 3.88. The highest BCUT2D eigenvalue weighted by Gasteiger charge is 2.19. The van der Waals surface area contributed by atoms with E-state index >= 15 is 0 Å². The molecule has 0 saturated heterocycles. The first-order chi connectivity index (χ1) is 22.3. The summed E-state index contributed by atoms with van der Waals surface area (Å²) in [6.07, 6.45) is 6.85. The molecule has 212 valence electrons. The molecule has 3 heteroatoms. The second-order valence-electron chi connectivity index (χ2n) is 12.0. The summed E-state index contributed by atoms with van der Waals surface area (Å²) in [5, 5.41) is 11.8. The Hall–Kier alpha value is -4.96. The van der Waals surface area contributed by atoms with Gasteiger partial charge in [0.05, 0.1) is 0 Å². The first kappa shape index (κ1) is 25.4. The molecule has 1 nitrogen and oxygen atoms in total. The molecule has 0 radical (unpaired) electrons. The molecule has 9 aromatic rings. The minimum Gasteiger partial charge on any atom is -0.310 e. The van der Waals surface area contributed by atoms with E-state index in [1.807, 2.05) is 22.7 Å². The van der Waals surface area contributed by atoms with E-state index in [1.165, 1.54) is 90.1 Å². The SMILES string of the molecule is C1=Cc2sc3ccc(N(c4ccc5c(c4)sc4ccccc45)c4ccc5ccc6c7ccccc7ccc6c5c4)cc3c2CC1. The van der Waals surface area contributed by atoms with Crippen LogP contribution in [0.15, 0.2) is 133 Å². The molecule has 0 bridgehead atoms. The minimum atomic E-state index is 1.11. The van der Waals surface area contributed by atoms with Crippen molar-refractivity contribution in [3.05, 3.63) is 144 Å². The zero-order chi connectivity index (χ0) is 29.5. The summed E-state index contributed by atoms with van der Waals surface area (Å²) in [5.74, 6) is 0. The van der Waals surface area contributed by atoms with E-state index in [0.717, 1.165) is 12.8 Å². The smallest absolute Gasteiger partial charge is 0.0476 e. The maximum Gasteiger partial charge on any atom is 0.0476 e. The van der Waals surface area contributed by atoms with E-state index in [2.05, 4.69) is 144 Å². The zero-order valence-corrected chi connectivity index (χ0v) is 26.1. The fourth-order valence-corrected chi connectivity index (χ4v) is 9.65. The van der Waals surface area contributed by atoms with E-state index in [4.69, 9.17) is 0 Å². The number of aryl methyl sites for hydroxylation is 1. The quantitative estimate of drug-likeness (QED) is 0.180. The van der Waals surface area contributed by atoms with Crippen LogP contribution in [0.25, 0.3) is 68.7 Å². The molecule has 0 unspecified atom stereocenters. The highest BCUT2D eigenvalue weighted by atomic mass is 32.1. The van der Waals surface area contributed by atoms with Crippen molar-refractivity contribution in [2.75, 3.05) is 4.90 Å². The van der Waals surface area contributed by atoms with E-state index in [0.29, 0.717) is 0 Å². The summed E-state index contributed by atoms with van der Waals surface area (Å²) in [7, 11) is 0. The molecule has 0 N–H and O–H groups in total. The van der Waals surface area contributed by atoms with Gasteiger partial charge in [-0.25, -0.2) is 0 Å². The zero-order valence-electron chi connectivity index (χ0n) is 24.5. The third-order valence-electron chi connectivity index (χ3n) is 9.50. The van der Waals surface area contributed by atoms with Crippen LogP contribution in [-0.4, -0.2) is 0 Å². The predicted molar refractivity (Wildman–Crippen MR) is 199 cm³/mol. The number of benzene rings is 7. The van der Waals surface area contributed by atoms with Gasteiger partial charge in [-0.1, -0.05) is 84.9 Å². The average Bonchev–Trinajstić information content (AvgIpc) is 3.66. The van der Waals surface area contributed by atoms with E-state index in [1.54, 1.807) is 0 Å². The Morgan fingerprint density at radius 3 is 1.98 bits per heavy atom. The van der Waals surface area contributed by atoms with Crippen LogP contribution in [0.2, 0.25) is 0 Å². The molecule has 0 amide bonds. The molecular weight excluding hydrogens is 583 g/mol. The molecule has 2 heterocycles. The summed E-state index contributed by atoms with van der Waals surface area (Å²) < 4.78 is 4.02. The Kier molecular flexibility index (Phi) is 5.51. The van der Waals surface area contributed by atoms with Crippen molar-refractivity contribution >= 4 is 108 Å². The minimum absolute atomic E-state index is 1.11. The van der Waals surface area contributed by atoms with Gasteiger partial charge in [-0.3, -0.25) is 0 Å². The Morgan fingerprint density at radius 1 is 0.444 bits per heavy atom. The van der Waals surface area contributed by atoms with Crippen LogP contribution in [0.4, 0.5) is 17.1 Å². The van der Waals surface area contributed by atoms with Crippen molar-refractivity contribution in [3.8, 4) is 0 Å². The molecule has 7 aromatic carbocycles. The van der Waals surface area contributed by atoms with E-state index in [-0.39, 0.29) is 0 Å². The van der Waals surface area contributed by atoms with Crippen molar-refractivity contribution < 1.29 is 0 Å². The number of hydrogen-bond donors (Lipinski definition) is 0. The van der Waals surface area contributed by atoms with Crippen LogP contribution in [0.1, 0.15) is 16.9 Å². The van der Waals surface area contributed by atoms with Gasteiger partial charge in [0.2, 0.25) is 0 Å². The second-order valence-corrected chi connectivity index (χ2v) is 14.2. The monoisotopic (exact) mass is 609 g/mol.